The third-order valence-corrected chi connectivity index (χ3v) is 15.4. The summed E-state index contributed by atoms with van der Waals surface area (Å²) < 4.78 is 12.3. The van der Waals surface area contributed by atoms with Crippen molar-refractivity contribution >= 4 is 17.7 Å². The number of ether oxygens (including phenoxy) is 2. The lowest BCUT2D eigenvalue weighted by atomic mass is 9.47. The fourth-order valence-corrected chi connectivity index (χ4v) is 12.7. The molecule has 8 heteroatoms. The zero-order valence-electron chi connectivity index (χ0n) is 31.7. The molecule has 4 aliphatic carbocycles. The number of fused-ring (bicyclic) bond motifs is 5. The van der Waals surface area contributed by atoms with Crippen molar-refractivity contribution in [2.45, 2.75) is 174 Å². The fraction of sp³-hybridized carbons (Fsp3) is 0.927. The number of carbonyl (C=O) groups is 1. The van der Waals surface area contributed by atoms with Crippen LogP contribution in [0.3, 0.4) is 0 Å². The third kappa shape index (κ3) is 8.95. The molecule has 282 valence electrons. The Balaban J connectivity index is 1.02. The number of hydrogen-bond acceptors (Lipinski definition) is 7. The molecule has 1 saturated heterocycles. The van der Waals surface area contributed by atoms with E-state index in [9.17, 15) is 20.1 Å². The minimum atomic E-state index is -1.23. The van der Waals surface area contributed by atoms with Crippen molar-refractivity contribution in [2.75, 3.05) is 19.0 Å². The molecule has 4 fully saturated rings. The number of carbonyl (C=O) groups excluding carboxylic acids is 1. The lowest BCUT2D eigenvalue weighted by Gasteiger charge is -2.58. The van der Waals surface area contributed by atoms with Gasteiger partial charge >= 0.3 is 0 Å². The molecular weight excluding hydrogens is 635 g/mol. The second-order valence-corrected chi connectivity index (χ2v) is 18.9. The Morgan fingerprint density at radius 2 is 1.78 bits per heavy atom. The molecule has 0 radical (unpaired) electrons. The molecule has 13 unspecified atom stereocenters. The minimum Gasteiger partial charge on any atom is -0.394 e. The molecule has 5 rings (SSSR count). The molecule has 0 aromatic heterocycles. The molecule has 7 nitrogen and oxygen atoms in total. The first-order valence-corrected chi connectivity index (χ1v) is 21.3. The van der Waals surface area contributed by atoms with E-state index >= 15 is 0 Å². The highest BCUT2D eigenvalue weighted by atomic mass is 32.2. The van der Waals surface area contributed by atoms with Crippen molar-refractivity contribution in [3.63, 3.8) is 0 Å². The van der Waals surface area contributed by atoms with Crippen LogP contribution < -0.4 is 5.32 Å². The Labute approximate surface area is 302 Å². The van der Waals surface area contributed by atoms with Gasteiger partial charge in [-0.05, 0) is 116 Å². The SMILES string of the molecule is CC(=O)NC1C(SCCCCCCOC2CCC3(C)C(=CCC4C3CCC3(C)C(C(C)CCCC(C)C)CCC43)C2)OC(CO)C(O)C1O. The number of thioether (sulfide) groups is 1. The minimum absolute atomic E-state index is 0.281. The van der Waals surface area contributed by atoms with Crippen LogP contribution in [0.4, 0.5) is 0 Å². The smallest absolute Gasteiger partial charge is 0.217 e. The van der Waals surface area contributed by atoms with Crippen LogP contribution in [0.15, 0.2) is 11.6 Å². The maximum Gasteiger partial charge on any atom is 0.217 e. The van der Waals surface area contributed by atoms with Gasteiger partial charge in [0.25, 0.3) is 0 Å². The van der Waals surface area contributed by atoms with Crippen molar-refractivity contribution in [2.24, 2.45) is 46.3 Å². The summed E-state index contributed by atoms with van der Waals surface area (Å²) in [5.41, 5.74) is 2.12. The lowest BCUT2D eigenvalue weighted by molar-refractivity contribution is -0.173. The van der Waals surface area contributed by atoms with E-state index < -0.39 is 29.8 Å². The standard InChI is InChI=1S/C41H71NO6S/c1-26(2)12-11-13-27(3)32-16-17-33-31-15-14-29-24-30(18-20-40(29,5)34(31)19-21-41(32,33)6)47-22-9-7-8-10-23-49-39-36(42-28(4)44)38(46)37(45)35(25-43)48-39/h14,26-27,30-39,43,45-46H,7-13,15-25H2,1-6H3,(H,42,44). The number of allylic oxidation sites excluding steroid dienone is 1. The molecule has 5 aliphatic rings. The highest BCUT2D eigenvalue weighted by molar-refractivity contribution is 7.99. The Bertz CT molecular complexity index is 1100. The van der Waals surface area contributed by atoms with E-state index in [1.54, 1.807) is 5.57 Å². The van der Waals surface area contributed by atoms with E-state index in [-0.39, 0.29) is 12.5 Å². The van der Waals surface area contributed by atoms with Crippen molar-refractivity contribution < 1.29 is 29.6 Å². The molecule has 1 amide bonds. The molecule has 0 aromatic carbocycles. The molecule has 49 heavy (non-hydrogen) atoms. The Morgan fingerprint density at radius 1 is 1.00 bits per heavy atom. The van der Waals surface area contributed by atoms with Crippen LogP contribution in [0, 0.1) is 46.3 Å². The molecule has 1 heterocycles. The normalized spacial score (nSPS) is 41.1. The van der Waals surface area contributed by atoms with Crippen LogP contribution in [0.2, 0.25) is 0 Å². The largest absolute Gasteiger partial charge is 0.394 e. The monoisotopic (exact) mass is 706 g/mol. The summed E-state index contributed by atoms with van der Waals surface area (Å²) in [6.45, 7) is 14.5. The van der Waals surface area contributed by atoms with E-state index in [1.807, 2.05) is 0 Å². The van der Waals surface area contributed by atoms with Crippen LogP contribution in [0.1, 0.15) is 138 Å². The maximum absolute atomic E-state index is 11.7. The van der Waals surface area contributed by atoms with Gasteiger partial charge in [0.05, 0.1) is 18.8 Å². The number of aliphatic hydroxyl groups is 3. The summed E-state index contributed by atoms with van der Waals surface area (Å²) in [6, 6.07) is -0.706. The number of aliphatic hydroxyl groups excluding tert-OH is 3. The zero-order chi connectivity index (χ0) is 35.3. The van der Waals surface area contributed by atoms with E-state index in [2.05, 4.69) is 46.0 Å². The first-order valence-electron chi connectivity index (χ1n) is 20.2. The quantitative estimate of drug-likeness (QED) is 0.0966. The highest BCUT2D eigenvalue weighted by Gasteiger charge is 2.59. The van der Waals surface area contributed by atoms with E-state index in [1.165, 1.54) is 82.9 Å². The van der Waals surface area contributed by atoms with Crippen molar-refractivity contribution in [1.82, 2.24) is 5.32 Å². The second kappa shape index (κ2) is 17.5. The van der Waals surface area contributed by atoms with Gasteiger partial charge in [-0.1, -0.05) is 78.4 Å². The molecule has 0 bridgehead atoms. The third-order valence-electron chi connectivity index (χ3n) is 14.2. The Hall–Kier alpha value is -0.640. The van der Waals surface area contributed by atoms with Gasteiger partial charge in [0.1, 0.15) is 23.7 Å². The number of hydrogen-bond donors (Lipinski definition) is 4. The summed E-state index contributed by atoms with van der Waals surface area (Å²) in [5, 5.41) is 33.0. The summed E-state index contributed by atoms with van der Waals surface area (Å²) >= 11 is 1.53. The lowest BCUT2D eigenvalue weighted by Crippen LogP contribution is -2.63. The van der Waals surface area contributed by atoms with Crippen LogP contribution in [-0.2, 0) is 14.3 Å². The first-order chi connectivity index (χ1) is 23.4. The van der Waals surface area contributed by atoms with Crippen molar-refractivity contribution in [3.05, 3.63) is 11.6 Å². The van der Waals surface area contributed by atoms with Gasteiger partial charge in [-0.2, -0.15) is 0 Å². The van der Waals surface area contributed by atoms with Gasteiger partial charge in [0.2, 0.25) is 5.91 Å². The number of rotatable bonds is 16. The molecule has 0 aromatic rings. The number of nitrogens with one attached hydrogen (secondary N) is 1. The van der Waals surface area contributed by atoms with E-state index in [4.69, 9.17) is 9.47 Å². The zero-order valence-corrected chi connectivity index (χ0v) is 32.5. The van der Waals surface area contributed by atoms with Crippen LogP contribution in [0.5, 0.6) is 0 Å². The van der Waals surface area contributed by atoms with Gasteiger partial charge < -0.3 is 30.1 Å². The summed E-state index contributed by atoms with van der Waals surface area (Å²) in [7, 11) is 0. The van der Waals surface area contributed by atoms with Gasteiger partial charge in [0.15, 0.2) is 0 Å². The average molecular weight is 706 g/mol. The van der Waals surface area contributed by atoms with E-state index in [0.29, 0.717) is 16.9 Å². The van der Waals surface area contributed by atoms with E-state index in [0.717, 1.165) is 80.0 Å². The predicted octanol–water partition coefficient (Wildman–Crippen LogP) is 7.65. The van der Waals surface area contributed by atoms with Gasteiger partial charge in [-0.15, -0.1) is 11.8 Å². The molecule has 0 spiro atoms. The van der Waals surface area contributed by atoms with Crippen LogP contribution in [0.25, 0.3) is 0 Å². The molecule has 13 atom stereocenters. The van der Waals surface area contributed by atoms with Crippen LogP contribution in [-0.4, -0.2) is 76.1 Å². The summed E-state index contributed by atoms with van der Waals surface area (Å²) in [6.07, 6.45) is 18.9. The summed E-state index contributed by atoms with van der Waals surface area (Å²) in [4.78, 5) is 11.7. The summed E-state index contributed by atoms with van der Waals surface area (Å²) in [5.74, 6) is 5.80. The van der Waals surface area contributed by atoms with Gasteiger partial charge in [-0.25, -0.2) is 0 Å². The van der Waals surface area contributed by atoms with Gasteiger partial charge in [0, 0.05) is 13.5 Å². The Kier molecular flexibility index (Phi) is 14.1. The first kappa shape index (κ1) is 39.6. The van der Waals surface area contributed by atoms with Crippen molar-refractivity contribution in [1.29, 1.82) is 0 Å². The predicted molar refractivity (Wildman–Crippen MR) is 199 cm³/mol. The highest BCUT2D eigenvalue weighted by Crippen LogP contribution is 2.67. The molecule has 1 aliphatic heterocycles. The molecular formula is C41H71NO6S. The maximum atomic E-state index is 11.7. The Morgan fingerprint density at radius 3 is 2.51 bits per heavy atom. The average Bonchev–Trinajstić information content (AvgIpc) is 3.42. The topological polar surface area (TPSA) is 108 Å². The number of amides is 1. The van der Waals surface area contributed by atoms with Crippen LogP contribution >= 0.6 is 11.8 Å². The second-order valence-electron chi connectivity index (χ2n) is 17.7. The molecule has 3 saturated carbocycles. The van der Waals surface area contributed by atoms with Gasteiger partial charge in [-0.3, -0.25) is 4.79 Å². The fourth-order valence-electron chi connectivity index (χ4n) is 11.4. The van der Waals surface area contributed by atoms with Crippen molar-refractivity contribution in [3.8, 4) is 0 Å². The molecule has 4 N–H and O–H groups in total. The number of unbranched alkanes of at least 4 members (excludes halogenated alkanes) is 3.